The third-order valence-corrected chi connectivity index (χ3v) is 4.89. The van der Waals surface area contributed by atoms with Gasteiger partial charge in [-0.15, -0.1) is 10.2 Å². The number of methoxy groups -OCH3 is 1. The fourth-order valence-electron chi connectivity index (χ4n) is 3.41. The van der Waals surface area contributed by atoms with E-state index in [-0.39, 0.29) is 11.9 Å². The van der Waals surface area contributed by atoms with E-state index in [2.05, 4.69) is 20.8 Å². The molecule has 1 aromatic heterocycles. The van der Waals surface area contributed by atoms with Crippen LogP contribution in [0, 0.1) is 0 Å². The van der Waals surface area contributed by atoms with Gasteiger partial charge in [0.2, 0.25) is 18.2 Å². The summed E-state index contributed by atoms with van der Waals surface area (Å²) in [7, 11) is 1.58. The molecule has 1 aliphatic heterocycles. The van der Waals surface area contributed by atoms with Crippen molar-refractivity contribution in [1.29, 1.82) is 0 Å². The number of amides is 3. The number of ether oxygens (including phenoxy) is 1. The normalized spacial score (nSPS) is 15.6. The van der Waals surface area contributed by atoms with Gasteiger partial charge in [0.25, 0.3) is 0 Å². The number of aromatic nitrogens is 2. The summed E-state index contributed by atoms with van der Waals surface area (Å²) in [5, 5.41) is 13.2. The molecule has 1 saturated heterocycles. The van der Waals surface area contributed by atoms with Gasteiger partial charge < -0.3 is 24.7 Å². The Kier molecular flexibility index (Phi) is 5.60. The largest absolute Gasteiger partial charge is 0.497 e. The second-order valence-electron chi connectivity index (χ2n) is 6.82. The Bertz CT molecular complexity index is 1020. The van der Waals surface area contributed by atoms with E-state index < -0.39 is 6.04 Å². The highest BCUT2D eigenvalue weighted by Crippen LogP contribution is 2.24. The van der Waals surface area contributed by atoms with Crippen LogP contribution in [0.25, 0.3) is 11.5 Å². The summed E-state index contributed by atoms with van der Waals surface area (Å²) in [5.74, 6) is 0.856. The van der Waals surface area contributed by atoms with Gasteiger partial charge in [-0.1, -0.05) is 6.07 Å². The van der Waals surface area contributed by atoms with Gasteiger partial charge in [0.1, 0.15) is 11.8 Å². The minimum absolute atomic E-state index is 0.215. The fraction of sp³-hybridized carbons (Fsp3) is 0.238. The van der Waals surface area contributed by atoms with Crippen LogP contribution < -0.4 is 15.4 Å². The third-order valence-electron chi connectivity index (χ3n) is 4.89. The molecule has 9 heteroatoms. The van der Waals surface area contributed by atoms with E-state index in [1.54, 1.807) is 54.5 Å². The number of urea groups is 1. The van der Waals surface area contributed by atoms with Gasteiger partial charge in [-0.05, 0) is 55.3 Å². The Labute approximate surface area is 173 Å². The molecule has 0 bridgehead atoms. The number of rotatable bonds is 5. The van der Waals surface area contributed by atoms with Crippen molar-refractivity contribution in [2.24, 2.45) is 0 Å². The SMILES string of the molecule is COc1ccc(NC(=O)C2CCCN2C(=O)Nc2cccc(-c3nnco3)c2)cc1. The van der Waals surface area contributed by atoms with Crippen molar-refractivity contribution in [3.05, 3.63) is 54.9 Å². The number of carbonyl (C=O) groups excluding carboxylic acids is 2. The van der Waals surface area contributed by atoms with Crippen LogP contribution in [0.2, 0.25) is 0 Å². The van der Waals surface area contributed by atoms with E-state index in [0.717, 1.165) is 6.42 Å². The first-order valence-corrected chi connectivity index (χ1v) is 9.53. The minimum Gasteiger partial charge on any atom is -0.497 e. The van der Waals surface area contributed by atoms with Crippen molar-refractivity contribution in [1.82, 2.24) is 15.1 Å². The van der Waals surface area contributed by atoms with Crippen molar-refractivity contribution in [3.8, 4) is 17.2 Å². The van der Waals surface area contributed by atoms with Crippen LogP contribution in [-0.2, 0) is 4.79 Å². The Morgan fingerprint density at radius 2 is 1.97 bits per heavy atom. The fourth-order valence-corrected chi connectivity index (χ4v) is 3.41. The number of nitrogens with zero attached hydrogens (tertiary/aromatic N) is 3. The van der Waals surface area contributed by atoms with Crippen molar-refractivity contribution in [2.45, 2.75) is 18.9 Å². The molecular formula is C21H21N5O4. The number of nitrogens with one attached hydrogen (secondary N) is 2. The van der Waals surface area contributed by atoms with Crippen LogP contribution >= 0.6 is 0 Å². The van der Waals surface area contributed by atoms with E-state index in [0.29, 0.717) is 41.5 Å². The number of hydrogen-bond donors (Lipinski definition) is 2. The minimum atomic E-state index is -0.536. The smallest absolute Gasteiger partial charge is 0.322 e. The van der Waals surface area contributed by atoms with Crippen LogP contribution in [0.3, 0.4) is 0 Å². The van der Waals surface area contributed by atoms with Crippen molar-refractivity contribution in [2.75, 3.05) is 24.3 Å². The average molecular weight is 407 g/mol. The number of carbonyl (C=O) groups is 2. The van der Waals surface area contributed by atoms with Crippen molar-refractivity contribution < 1.29 is 18.7 Å². The van der Waals surface area contributed by atoms with E-state index in [4.69, 9.17) is 9.15 Å². The predicted molar refractivity (Wildman–Crippen MR) is 110 cm³/mol. The van der Waals surface area contributed by atoms with Gasteiger partial charge in [-0.25, -0.2) is 4.79 Å². The molecule has 2 heterocycles. The van der Waals surface area contributed by atoms with Crippen LogP contribution in [0.15, 0.2) is 59.3 Å². The second kappa shape index (κ2) is 8.64. The molecule has 3 amide bonds. The maximum Gasteiger partial charge on any atom is 0.322 e. The summed E-state index contributed by atoms with van der Waals surface area (Å²) in [6, 6.07) is 13.3. The lowest BCUT2D eigenvalue weighted by Crippen LogP contribution is -2.45. The lowest BCUT2D eigenvalue weighted by atomic mass is 10.2. The summed E-state index contributed by atoms with van der Waals surface area (Å²) < 4.78 is 10.3. The maximum atomic E-state index is 12.8. The van der Waals surface area contributed by atoms with Gasteiger partial charge in [0, 0.05) is 23.5 Å². The zero-order chi connectivity index (χ0) is 20.9. The van der Waals surface area contributed by atoms with Gasteiger partial charge in [0.15, 0.2) is 0 Å². The standard InChI is InChI=1S/C21H21N5O4/c1-29-17-9-7-15(8-10-17)23-19(27)18-6-3-11-26(18)21(28)24-16-5-2-4-14(12-16)20-25-22-13-30-20/h2,4-5,7-10,12-13,18H,3,6,11H2,1H3,(H,23,27)(H,24,28). The molecule has 4 rings (SSSR count). The molecule has 30 heavy (non-hydrogen) atoms. The zero-order valence-corrected chi connectivity index (χ0v) is 16.4. The first-order valence-electron chi connectivity index (χ1n) is 9.53. The van der Waals surface area contributed by atoms with E-state index in [9.17, 15) is 9.59 Å². The summed E-state index contributed by atoms with van der Waals surface area (Å²) in [6.07, 6.45) is 2.62. The number of likely N-dealkylation sites (tertiary alicyclic amines) is 1. The van der Waals surface area contributed by atoms with Gasteiger partial charge in [0.05, 0.1) is 7.11 Å². The maximum absolute atomic E-state index is 12.8. The van der Waals surface area contributed by atoms with Gasteiger partial charge in [-0.2, -0.15) is 0 Å². The Balaban J connectivity index is 1.42. The molecule has 0 aliphatic carbocycles. The Morgan fingerprint density at radius 1 is 1.13 bits per heavy atom. The van der Waals surface area contributed by atoms with Gasteiger partial charge >= 0.3 is 6.03 Å². The highest BCUT2D eigenvalue weighted by atomic mass is 16.5. The molecule has 9 nitrogen and oxygen atoms in total. The summed E-state index contributed by atoms with van der Waals surface area (Å²) in [6.45, 7) is 0.510. The second-order valence-corrected chi connectivity index (χ2v) is 6.82. The predicted octanol–water partition coefficient (Wildman–Crippen LogP) is 3.38. The molecule has 0 saturated carbocycles. The molecule has 2 N–H and O–H groups in total. The summed E-state index contributed by atoms with van der Waals surface area (Å²) in [5.41, 5.74) is 1.93. The van der Waals surface area contributed by atoms with E-state index >= 15 is 0 Å². The monoisotopic (exact) mass is 407 g/mol. The lowest BCUT2D eigenvalue weighted by molar-refractivity contribution is -0.119. The molecule has 1 fully saturated rings. The van der Waals surface area contributed by atoms with Gasteiger partial charge in [-0.3, -0.25) is 4.79 Å². The summed E-state index contributed by atoms with van der Waals surface area (Å²) in [4.78, 5) is 27.1. The van der Waals surface area contributed by atoms with Crippen LogP contribution in [0.5, 0.6) is 5.75 Å². The molecule has 1 unspecified atom stereocenters. The molecule has 1 aliphatic rings. The molecule has 3 aromatic rings. The molecular weight excluding hydrogens is 386 g/mol. The van der Waals surface area contributed by atoms with Crippen LogP contribution in [-0.4, -0.2) is 46.7 Å². The quantitative estimate of drug-likeness (QED) is 0.671. The molecule has 0 spiro atoms. The zero-order valence-electron chi connectivity index (χ0n) is 16.4. The number of hydrogen-bond acceptors (Lipinski definition) is 6. The molecule has 1 atom stereocenters. The highest BCUT2D eigenvalue weighted by Gasteiger charge is 2.34. The van der Waals surface area contributed by atoms with E-state index in [1.807, 2.05) is 6.07 Å². The topological polar surface area (TPSA) is 110 Å². The number of anilines is 2. The Hall–Kier alpha value is -3.88. The van der Waals surface area contributed by atoms with Crippen molar-refractivity contribution in [3.63, 3.8) is 0 Å². The van der Waals surface area contributed by atoms with E-state index in [1.165, 1.54) is 6.39 Å². The van der Waals surface area contributed by atoms with Crippen LogP contribution in [0.1, 0.15) is 12.8 Å². The number of benzene rings is 2. The first-order chi connectivity index (χ1) is 14.6. The first kappa shape index (κ1) is 19.4. The van der Waals surface area contributed by atoms with Crippen molar-refractivity contribution >= 4 is 23.3 Å². The molecule has 0 radical (unpaired) electrons. The average Bonchev–Trinajstić information content (AvgIpc) is 3.47. The van der Waals surface area contributed by atoms with Crippen LogP contribution in [0.4, 0.5) is 16.2 Å². The molecule has 154 valence electrons. The lowest BCUT2D eigenvalue weighted by Gasteiger charge is -2.24. The molecule has 2 aromatic carbocycles. The Morgan fingerprint density at radius 3 is 2.70 bits per heavy atom. The third kappa shape index (κ3) is 4.24. The summed E-state index contributed by atoms with van der Waals surface area (Å²) >= 11 is 0. The highest BCUT2D eigenvalue weighted by molar-refractivity contribution is 5.99.